The molecule has 0 aliphatic heterocycles. The van der Waals surface area contributed by atoms with Gasteiger partial charge in [0.15, 0.2) is 0 Å². The molecule has 2 atom stereocenters. The van der Waals surface area contributed by atoms with E-state index in [2.05, 4.69) is 12.2 Å². The van der Waals surface area contributed by atoms with Crippen LogP contribution < -0.4 is 0 Å². The predicted octanol–water partition coefficient (Wildman–Crippen LogP) is 2.96. The Balaban J connectivity index is 1.89. The van der Waals surface area contributed by atoms with Gasteiger partial charge in [0.25, 0.3) is 0 Å². The van der Waals surface area contributed by atoms with Gasteiger partial charge in [-0.05, 0) is 37.5 Å². The zero-order chi connectivity index (χ0) is 9.10. The Hall–Kier alpha value is -0.590. The summed E-state index contributed by atoms with van der Waals surface area (Å²) in [5.41, 5.74) is 0. The molecule has 0 unspecified atom stereocenters. The van der Waals surface area contributed by atoms with Crippen LogP contribution in [0.1, 0.15) is 38.5 Å². The molecule has 0 spiro atoms. The van der Waals surface area contributed by atoms with Crippen LogP contribution in [0.2, 0.25) is 0 Å². The fourth-order valence-corrected chi connectivity index (χ4v) is 2.18. The lowest BCUT2D eigenvalue weighted by Crippen LogP contribution is -2.18. The zero-order valence-electron chi connectivity index (χ0n) is 8.11. The van der Waals surface area contributed by atoms with Crippen molar-refractivity contribution in [1.82, 2.24) is 0 Å². The largest absolute Gasteiger partial charge is 0.303 e. The molecule has 0 aromatic rings. The van der Waals surface area contributed by atoms with Gasteiger partial charge in [0.1, 0.15) is 6.29 Å². The van der Waals surface area contributed by atoms with Crippen molar-refractivity contribution < 1.29 is 4.79 Å². The molecule has 0 N–H and O–H groups in total. The lowest BCUT2D eigenvalue weighted by Gasteiger charge is -2.24. The Morgan fingerprint density at radius 2 is 1.54 bits per heavy atom. The first-order valence-electron chi connectivity index (χ1n) is 5.54. The minimum absolute atomic E-state index is 0.323. The summed E-state index contributed by atoms with van der Waals surface area (Å²) in [5.74, 6) is 1.74. The average Bonchev–Trinajstić information content (AvgIpc) is 2.99. The smallest absolute Gasteiger partial charge is 0.123 e. The first kappa shape index (κ1) is 8.98. The Morgan fingerprint density at radius 1 is 0.846 bits per heavy atom. The fraction of sp³-hybridized carbons (Fsp3) is 0.750. The van der Waals surface area contributed by atoms with Crippen LogP contribution in [0, 0.1) is 17.8 Å². The maximum Gasteiger partial charge on any atom is 0.123 e. The summed E-state index contributed by atoms with van der Waals surface area (Å²) in [4.78, 5) is 10.8. The standard InChI is InChI=1S/C12H18O/c13-9-12-4-2-1-3-11(12)8-7-10-5-6-10/h7-12H,1-6H2/b8-7-/t11-,12-/m1/s1. The summed E-state index contributed by atoms with van der Waals surface area (Å²) < 4.78 is 0. The second kappa shape index (κ2) is 4.08. The SMILES string of the molecule is O=C[C@H]1CCCC[C@@H]1/C=C\C1CC1. The number of aldehydes is 1. The topological polar surface area (TPSA) is 17.1 Å². The van der Waals surface area contributed by atoms with Crippen LogP contribution in [0.15, 0.2) is 12.2 Å². The van der Waals surface area contributed by atoms with E-state index in [1.807, 2.05) is 0 Å². The van der Waals surface area contributed by atoms with E-state index in [9.17, 15) is 4.79 Å². The third-order valence-corrected chi connectivity index (χ3v) is 3.30. The number of carbonyl (C=O) groups is 1. The highest BCUT2D eigenvalue weighted by Crippen LogP contribution is 2.34. The van der Waals surface area contributed by atoms with Gasteiger partial charge in [0.2, 0.25) is 0 Å². The molecule has 2 fully saturated rings. The molecule has 0 radical (unpaired) electrons. The molecule has 0 aromatic carbocycles. The first-order chi connectivity index (χ1) is 6.40. The molecule has 2 aliphatic rings. The maximum absolute atomic E-state index is 10.8. The molecule has 1 nitrogen and oxygen atoms in total. The number of hydrogen-bond donors (Lipinski definition) is 0. The molecule has 0 aromatic heterocycles. The van der Waals surface area contributed by atoms with Gasteiger partial charge >= 0.3 is 0 Å². The summed E-state index contributed by atoms with van der Waals surface area (Å²) in [6, 6.07) is 0. The normalized spacial score (nSPS) is 35.1. The van der Waals surface area contributed by atoms with Gasteiger partial charge in [0, 0.05) is 5.92 Å². The third-order valence-electron chi connectivity index (χ3n) is 3.30. The average molecular weight is 178 g/mol. The van der Waals surface area contributed by atoms with Gasteiger partial charge in [-0.3, -0.25) is 0 Å². The van der Waals surface area contributed by atoms with Crippen LogP contribution in [-0.4, -0.2) is 6.29 Å². The van der Waals surface area contributed by atoms with Crippen molar-refractivity contribution in [2.75, 3.05) is 0 Å². The van der Waals surface area contributed by atoms with E-state index in [-0.39, 0.29) is 0 Å². The number of hydrogen-bond acceptors (Lipinski definition) is 1. The fourth-order valence-electron chi connectivity index (χ4n) is 2.18. The van der Waals surface area contributed by atoms with Gasteiger partial charge in [0.05, 0.1) is 0 Å². The molecule has 1 heteroatoms. The molecule has 0 heterocycles. The van der Waals surface area contributed by atoms with Gasteiger partial charge in [-0.2, -0.15) is 0 Å². The monoisotopic (exact) mass is 178 g/mol. The Morgan fingerprint density at radius 3 is 2.15 bits per heavy atom. The Kier molecular flexibility index (Phi) is 2.82. The molecule has 2 rings (SSSR count). The van der Waals surface area contributed by atoms with Gasteiger partial charge < -0.3 is 4.79 Å². The second-order valence-electron chi connectivity index (χ2n) is 4.47. The van der Waals surface area contributed by atoms with Gasteiger partial charge in [-0.1, -0.05) is 25.0 Å². The van der Waals surface area contributed by atoms with Crippen molar-refractivity contribution in [2.45, 2.75) is 38.5 Å². The zero-order valence-corrected chi connectivity index (χ0v) is 8.11. The summed E-state index contributed by atoms with van der Waals surface area (Å²) in [7, 11) is 0. The molecular weight excluding hydrogens is 160 g/mol. The molecule has 2 saturated carbocycles. The van der Waals surface area contributed by atoms with Crippen molar-refractivity contribution >= 4 is 6.29 Å². The second-order valence-corrected chi connectivity index (χ2v) is 4.47. The van der Waals surface area contributed by atoms with E-state index < -0.39 is 0 Å². The molecule has 0 amide bonds. The lowest BCUT2D eigenvalue weighted by atomic mass is 9.80. The molecule has 0 bridgehead atoms. The summed E-state index contributed by atoms with van der Waals surface area (Å²) in [6.07, 6.45) is 13.5. The van der Waals surface area contributed by atoms with Gasteiger partial charge in [-0.25, -0.2) is 0 Å². The molecule has 72 valence electrons. The van der Waals surface area contributed by atoms with E-state index in [4.69, 9.17) is 0 Å². The Labute approximate surface area is 80.2 Å². The Bertz CT molecular complexity index is 203. The third kappa shape index (κ3) is 2.43. The van der Waals surface area contributed by atoms with Crippen molar-refractivity contribution in [3.8, 4) is 0 Å². The van der Waals surface area contributed by atoms with Crippen LogP contribution in [0.5, 0.6) is 0 Å². The van der Waals surface area contributed by atoms with Crippen LogP contribution in [0.25, 0.3) is 0 Å². The van der Waals surface area contributed by atoms with Crippen molar-refractivity contribution in [3.05, 3.63) is 12.2 Å². The van der Waals surface area contributed by atoms with Crippen LogP contribution in [0.4, 0.5) is 0 Å². The van der Waals surface area contributed by atoms with Crippen molar-refractivity contribution in [1.29, 1.82) is 0 Å². The quantitative estimate of drug-likeness (QED) is 0.479. The number of carbonyl (C=O) groups excluding carboxylic acids is 1. The minimum Gasteiger partial charge on any atom is -0.303 e. The van der Waals surface area contributed by atoms with Crippen molar-refractivity contribution in [2.24, 2.45) is 17.8 Å². The highest BCUT2D eigenvalue weighted by atomic mass is 16.1. The molecule has 13 heavy (non-hydrogen) atoms. The number of rotatable bonds is 3. The van der Waals surface area contributed by atoms with E-state index in [0.717, 1.165) is 12.3 Å². The molecule has 2 aliphatic carbocycles. The van der Waals surface area contributed by atoms with E-state index >= 15 is 0 Å². The summed E-state index contributed by atoms with van der Waals surface area (Å²) in [5, 5.41) is 0. The van der Waals surface area contributed by atoms with E-state index in [1.165, 1.54) is 38.4 Å². The van der Waals surface area contributed by atoms with E-state index in [1.54, 1.807) is 0 Å². The van der Waals surface area contributed by atoms with Crippen LogP contribution in [0.3, 0.4) is 0 Å². The highest BCUT2D eigenvalue weighted by molar-refractivity contribution is 5.54. The molecule has 0 saturated heterocycles. The van der Waals surface area contributed by atoms with Crippen LogP contribution >= 0.6 is 0 Å². The summed E-state index contributed by atoms with van der Waals surface area (Å²) in [6.45, 7) is 0. The van der Waals surface area contributed by atoms with Gasteiger partial charge in [-0.15, -0.1) is 0 Å². The number of allylic oxidation sites excluding steroid dienone is 2. The first-order valence-corrected chi connectivity index (χ1v) is 5.54. The van der Waals surface area contributed by atoms with Crippen molar-refractivity contribution in [3.63, 3.8) is 0 Å². The van der Waals surface area contributed by atoms with Crippen LogP contribution in [-0.2, 0) is 4.79 Å². The lowest BCUT2D eigenvalue weighted by molar-refractivity contribution is -0.112. The van der Waals surface area contributed by atoms with E-state index in [0.29, 0.717) is 11.8 Å². The predicted molar refractivity (Wildman–Crippen MR) is 53.4 cm³/mol. The maximum atomic E-state index is 10.8. The highest BCUT2D eigenvalue weighted by Gasteiger charge is 2.24. The summed E-state index contributed by atoms with van der Waals surface area (Å²) >= 11 is 0. The minimum atomic E-state index is 0.323. The molecular formula is C12H18O.